The van der Waals surface area contributed by atoms with Gasteiger partial charge in [-0.05, 0) is 67.5 Å². The first-order chi connectivity index (χ1) is 14.6. The minimum atomic E-state index is -0.630. The van der Waals surface area contributed by atoms with Gasteiger partial charge >= 0.3 is 6.09 Å². The number of anilines is 1. The van der Waals surface area contributed by atoms with Gasteiger partial charge in [0.05, 0.1) is 4.47 Å². The maximum Gasteiger partial charge on any atom is 0.421 e. The Balaban J connectivity index is 1.64. The lowest BCUT2D eigenvalue weighted by Crippen LogP contribution is -2.44. The molecule has 0 radical (unpaired) electrons. The third-order valence-electron chi connectivity index (χ3n) is 5.34. The van der Waals surface area contributed by atoms with Gasteiger partial charge in [-0.15, -0.1) is 0 Å². The summed E-state index contributed by atoms with van der Waals surface area (Å²) in [5.74, 6) is 0. The number of hydrogen-bond acceptors (Lipinski definition) is 5. The monoisotopic (exact) mass is 504 g/mol. The summed E-state index contributed by atoms with van der Waals surface area (Å²) >= 11 is 9.96. The third kappa shape index (κ3) is 4.59. The van der Waals surface area contributed by atoms with Crippen molar-refractivity contribution in [1.29, 1.82) is 0 Å². The number of benzene rings is 1. The van der Waals surface area contributed by atoms with E-state index in [4.69, 9.17) is 16.3 Å². The van der Waals surface area contributed by atoms with E-state index in [2.05, 4.69) is 62.0 Å². The fraction of sp³-hybridized carbons (Fsp3) is 0.391. The van der Waals surface area contributed by atoms with Gasteiger partial charge in [-0.25, -0.2) is 14.3 Å². The average molecular weight is 506 g/mol. The van der Waals surface area contributed by atoms with Crippen molar-refractivity contribution in [2.45, 2.75) is 26.4 Å². The predicted molar refractivity (Wildman–Crippen MR) is 129 cm³/mol. The molecular weight excluding hydrogens is 480 g/mol. The Morgan fingerprint density at radius 1 is 1.10 bits per heavy atom. The summed E-state index contributed by atoms with van der Waals surface area (Å²) in [6, 6.07) is 10.5. The van der Waals surface area contributed by atoms with E-state index in [-0.39, 0.29) is 5.15 Å². The van der Waals surface area contributed by atoms with Gasteiger partial charge in [0, 0.05) is 49.0 Å². The van der Waals surface area contributed by atoms with Crippen molar-refractivity contribution < 1.29 is 9.53 Å². The van der Waals surface area contributed by atoms with E-state index in [0.717, 1.165) is 42.7 Å². The molecule has 31 heavy (non-hydrogen) atoms. The van der Waals surface area contributed by atoms with Crippen molar-refractivity contribution in [1.82, 2.24) is 14.5 Å². The average Bonchev–Trinajstić information content (AvgIpc) is 2.97. The number of carbonyl (C=O) groups is 1. The fourth-order valence-electron chi connectivity index (χ4n) is 3.66. The summed E-state index contributed by atoms with van der Waals surface area (Å²) in [7, 11) is 2.16. The highest BCUT2D eigenvalue weighted by Crippen LogP contribution is 2.36. The number of likely N-dealkylation sites (N-methyl/N-ethyl adjacent to an activating group) is 1. The molecule has 0 aliphatic carbocycles. The number of fused-ring (bicyclic) bond motifs is 1. The second-order valence-corrected chi connectivity index (χ2v) is 10.0. The van der Waals surface area contributed by atoms with Gasteiger partial charge in [-0.2, -0.15) is 0 Å². The molecule has 3 heterocycles. The number of halogens is 2. The fourth-order valence-corrected chi connectivity index (χ4v) is 4.38. The topological polar surface area (TPSA) is 50.6 Å². The molecule has 1 fully saturated rings. The number of hydrogen-bond donors (Lipinski definition) is 0. The Morgan fingerprint density at radius 3 is 2.35 bits per heavy atom. The van der Waals surface area contributed by atoms with Crippen LogP contribution in [0.3, 0.4) is 0 Å². The van der Waals surface area contributed by atoms with Crippen LogP contribution in [0.4, 0.5) is 10.5 Å². The molecule has 6 nitrogen and oxygen atoms in total. The smallest absolute Gasteiger partial charge is 0.421 e. The maximum absolute atomic E-state index is 12.7. The van der Waals surface area contributed by atoms with E-state index in [1.165, 1.54) is 10.3 Å². The minimum absolute atomic E-state index is 0.249. The molecule has 1 saturated heterocycles. The molecule has 0 unspecified atom stereocenters. The van der Waals surface area contributed by atoms with Gasteiger partial charge in [0.15, 0.2) is 5.65 Å². The van der Waals surface area contributed by atoms with Crippen molar-refractivity contribution in [3.05, 3.63) is 46.2 Å². The van der Waals surface area contributed by atoms with Crippen LogP contribution in [0.15, 0.2) is 41.0 Å². The van der Waals surface area contributed by atoms with Crippen molar-refractivity contribution in [2.24, 2.45) is 0 Å². The molecule has 0 saturated carbocycles. The van der Waals surface area contributed by atoms with Gasteiger partial charge in [-0.3, -0.25) is 0 Å². The Bertz CT molecular complexity index is 1110. The number of nitrogens with zero attached hydrogens (tertiary/aromatic N) is 4. The lowest BCUT2D eigenvalue weighted by Gasteiger charge is -2.34. The molecule has 0 atom stereocenters. The molecule has 164 valence electrons. The van der Waals surface area contributed by atoms with Crippen molar-refractivity contribution >= 4 is 50.3 Å². The van der Waals surface area contributed by atoms with Crippen molar-refractivity contribution in [3.63, 3.8) is 0 Å². The predicted octanol–water partition coefficient (Wildman–Crippen LogP) is 5.65. The van der Waals surface area contributed by atoms with E-state index >= 15 is 0 Å². The van der Waals surface area contributed by atoms with Crippen LogP contribution in [0.25, 0.3) is 22.2 Å². The quantitative estimate of drug-likeness (QED) is 0.450. The third-order valence-corrected chi connectivity index (χ3v) is 6.73. The Labute approximate surface area is 195 Å². The number of pyridine rings is 1. The minimum Gasteiger partial charge on any atom is -0.443 e. The van der Waals surface area contributed by atoms with E-state index in [0.29, 0.717) is 10.1 Å². The van der Waals surface area contributed by atoms with Gasteiger partial charge in [0.25, 0.3) is 0 Å². The van der Waals surface area contributed by atoms with Gasteiger partial charge in [0.2, 0.25) is 0 Å². The highest BCUT2D eigenvalue weighted by atomic mass is 79.9. The molecule has 8 heteroatoms. The SMILES string of the molecule is CN1CCN(c2ccc(-c3cnc4c(c3)c(Br)c(Cl)n4C(=O)OC(C)(C)C)cc2)CC1. The van der Waals surface area contributed by atoms with Crippen LogP contribution in [0.1, 0.15) is 20.8 Å². The number of rotatable bonds is 2. The van der Waals surface area contributed by atoms with E-state index in [1.54, 1.807) is 6.20 Å². The lowest BCUT2D eigenvalue weighted by atomic mass is 10.1. The van der Waals surface area contributed by atoms with Crippen LogP contribution in [-0.4, -0.2) is 59.4 Å². The number of aromatic nitrogens is 2. The molecule has 0 N–H and O–H groups in total. The Hall–Kier alpha value is -2.09. The van der Waals surface area contributed by atoms with Crippen LogP contribution in [0.5, 0.6) is 0 Å². The van der Waals surface area contributed by atoms with Gasteiger partial charge < -0.3 is 14.5 Å². The van der Waals surface area contributed by atoms with Crippen LogP contribution in [0.2, 0.25) is 5.15 Å². The zero-order chi connectivity index (χ0) is 22.3. The van der Waals surface area contributed by atoms with Gasteiger partial charge in [-0.1, -0.05) is 23.7 Å². The summed E-state index contributed by atoms with van der Waals surface area (Å²) in [6.07, 6.45) is 1.21. The second kappa shape index (κ2) is 8.45. The molecule has 0 amide bonds. The summed E-state index contributed by atoms with van der Waals surface area (Å²) in [4.78, 5) is 22.0. The highest BCUT2D eigenvalue weighted by Gasteiger charge is 2.25. The number of piperazine rings is 1. The Kier molecular flexibility index (Phi) is 6.03. The zero-order valence-electron chi connectivity index (χ0n) is 18.2. The van der Waals surface area contributed by atoms with Crippen LogP contribution >= 0.6 is 27.5 Å². The summed E-state index contributed by atoms with van der Waals surface area (Å²) in [6.45, 7) is 9.67. The normalized spacial score (nSPS) is 15.5. The molecule has 1 aliphatic heterocycles. The lowest BCUT2D eigenvalue weighted by molar-refractivity contribution is 0.0544. The summed E-state index contributed by atoms with van der Waals surface area (Å²) in [5, 5.41) is 1.01. The first-order valence-corrected chi connectivity index (χ1v) is 11.4. The number of ether oxygens (including phenoxy) is 1. The van der Waals surface area contributed by atoms with E-state index in [1.807, 2.05) is 26.8 Å². The summed E-state index contributed by atoms with van der Waals surface area (Å²) in [5.41, 5.74) is 3.07. The van der Waals surface area contributed by atoms with Crippen molar-refractivity contribution in [3.8, 4) is 11.1 Å². The molecule has 3 aromatic rings. The molecular formula is C23H26BrClN4O2. The van der Waals surface area contributed by atoms with E-state index in [9.17, 15) is 4.79 Å². The van der Waals surface area contributed by atoms with E-state index < -0.39 is 11.7 Å². The number of carbonyl (C=O) groups excluding carboxylic acids is 1. The first kappa shape index (κ1) is 22.1. The molecule has 0 spiro atoms. The molecule has 0 bridgehead atoms. The van der Waals surface area contributed by atoms with Crippen molar-refractivity contribution in [2.75, 3.05) is 38.1 Å². The molecule has 1 aromatic carbocycles. The Morgan fingerprint density at radius 2 is 1.74 bits per heavy atom. The molecule has 2 aromatic heterocycles. The summed E-state index contributed by atoms with van der Waals surface area (Å²) < 4.78 is 7.41. The van der Waals surface area contributed by atoms with Crippen LogP contribution in [0, 0.1) is 0 Å². The van der Waals surface area contributed by atoms with Gasteiger partial charge in [0.1, 0.15) is 10.8 Å². The maximum atomic E-state index is 12.7. The standard InChI is InChI=1S/C23H26BrClN4O2/c1-23(2,3)31-22(30)29-20(25)19(24)18-13-16(14-26-21(18)29)15-5-7-17(8-6-15)28-11-9-27(4)10-12-28/h5-8,13-14H,9-12H2,1-4H3. The molecule has 4 rings (SSSR count). The van der Waals surface area contributed by atoms with Crippen LogP contribution < -0.4 is 4.90 Å². The first-order valence-electron chi connectivity index (χ1n) is 10.3. The highest BCUT2D eigenvalue weighted by molar-refractivity contribution is 9.10. The molecule has 1 aliphatic rings. The second-order valence-electron chi connectivity index (χ2n) is 8.85. The van der Waals surface area contributed by atoms with Crippen LogP contribution in [-0.2, 0) is 4.74 Å². The largest absolute Gasteiger partial charge is 0.443 e. The zero-order valence-corrected chi connectivity index (χ0v) is 20.5.